The molecule has 5 rings (SSSR count). The zero-order valence-electron chi connectivity index (χ0n) is 19.6. The first-order chi connectivity index (χ1) is 17.6. The fourth-order valence-corrected chi connectivity index (χ4v) is 4.31. The zero-order valence-corrected chi connectivity index (χ0v) is 19.6. The van der Waals surface area contributed by atoms with Crippen LogP contribution in [0.5, 0.6) is 0 Å². The second-order valence-electron chi connectivity index (χ2n) is 8.43. The standard InChI is InChI=1S/C28H26O8/c1-31-28-24(35-26(30)19-13-7-3-8-14-19)23(34-25(29)18-11-5-2-6-12-18)22-21(33-28)17-32-27(36-22)20-15-9-4-10-16-20/h2-16,21-24,27-28H,17H2,1H3/t21?,22-,23+,24-,27?,28?/m1/s1. The van der Waals surface area contributed by atoms with Crippen LogP contribution in [0.15, 0.2) is 91.0 Å². The molecule has 0 saturated carbocycles. The van der Waals surface area contributed by atoms with Gasteiger partial charge >= 0.3 is 11.9 Å². The topological polar surface area (TPSA) is 89.5 Å². The van der Waals surface area contributed by atoms with Crippen molar-refractivity contribution in [3.05, 3.63) is 108 Å². The lowest BCUT2D eigenvalue weighted by Gasteiger charge is -2.47. The summed E-state index contributed by atoms with van der Waals surface area (Å²) in [5, 5.41) is 0. The highest BCUT2D eigenvalue weighted by molar-refractivity contribution is 5.90. The Kier molecular flexibility index (Phi) is 7.39. The van der Waals surface area contributed by atoms with Crippen molar-refractivity contribution in [1.82, 2.24) is 0 Å². The van der Waals surface area contributed by atoms with Crippen LogP contribution >= 0.6 is 0 Å². The lowest BCUT2D eigenvalue weighted by Crippen LogP contribution is -2.64. The minimum atomic E-state index is -1.09. The summed E-state index contributed by atoms with van der Waals surface area (Å²) in [4.78, 5) is 26.1. The van der Waals surface area contributed by atoms with Crippen LogP contribution in [-0.4, -0.2) is 56.4 Å². The number of carbonyl (C=O) groups is 2. The van der Waals surface area contributed by atoms with E-state index in [1.807, 2.05) is 30.3 Å². The molecule has 2 saturated heterocycles. The van der Waals surface area contributed by atoms with Crippen molar-refractivity contribution in [2.75, 3.05) is 13.7 Å². The number of hydrogen-bond acceptors (Lipinski definition) is 8. The molecule has 2 heterocycles. The highest BCUT2D eigenvalue weighted by atomic mass is 16.8. The maximum absolute atomic E-state index is 13.1. The monoisotopic (exact) mass is 490 g/mol. The summed E-state index contributed by atoms with van der Waals surface area (Å²) >= 11 is 0. The molecule has 0 bridgehead atoms. The van der Waals surface area contributed by atoms with Gasteiger partial charge in [-0.15, -0.1) is 0 Å². The van der Waals surface area contributed by atoms with Crippen molar-refractivity contribution >= 4 is 11.9 Å². The highest BCUT2D eigenvalue weighted by Crippen LogP contribution is 2.37. The van der Waals surface area contributed by atoms with Crippen molar-refractivity contribution in [3.8, 4) is 0 Å². The lowest BCUT2D eigenvalue weighted by molar-refractivity contribution is -0.356. The van der Waals surface area contributed by atoms with Crippen molar-refractivity contribution in [3.63, 3.8) is 0 Å². The molecule has 6 atom stereocenters. The van der Waals surface area contributed by atoms with Crippen LogP contribution in [0.25, 0.3) is 0 Å². The molecule has 3 aromatic rings. The van der Waals surface area contributed by atoms with E-state index in [0.717, 1.165) is 5.56 Å². The molecule has 2 aliphatic heterocycles. The number of ether oxygens (including phenoxy) is 6. The van der Waals surface area contributed by atoms with Crippen LogP contribution in [0, 0.1) is 0 Å². The number of methoxy groups -OCH3 is 1. The van der Waals surface area contributed by atoms with Crippen LogP contribution < -0.4 is 0 Å². The summed E-state index contributed by atoms with van der Waals surface area (Å²) in [5.41, 5.74) is 1.50. The number of fused-ring (bicyclic) bond motifs is 1. The Bertz CT molecular complexity index is 1150. The summed E-state index contributed by atoms with van der Waals surface area (Å²) in [6, 6.07) is 26.5. The summed E-state index contributed by atoms with van der Waals surface area (Å²) < 4.78 is 35.5. The van der Waals surface area contributed by atoms with E-state index in [0.29, 0.717) is 11.1 Å². The van der Waals surface area contributed by atoms with Gasteiger partial charge in [0.15, 0.2) is 24.8 Å². The number of carbonyl (C=O) groups excluding carboxylic acids is 2. The molecule has 186 valence electrons. The lowest BCUT2D eigenvalue weighted by atomic mass is 9.97. The number of esters is 2. The molecular weight excluding hydrogens is 464 g/mol. The van der Waals surface area contributed by atoms with Crippen LogP contribution in [0.4, 0.5) is 0 Å². The van der Waals surface area contributed by atoms with E-state index in [-0.39, 0.29) is 6.61 Å². The molecule has 0 radical (unpaired) electrons. The average molecular weight is 491 g/mol. The van der Waals surface area contributed by atoms with Crippen LogP contribution in [0.1, 0.15) is 32.6 Å². The van der Waals surface area contributed by atoms with Gasteiger partial charge in [-0.05, 0) is 24.3 Å². The number of hydrogen-bond donors (Lipinski definition) is 0. The molecule has 2 fully saturated rings. The second-order valence-corrected chi connectivity index (χ2v) is 8.43. The third kappa shape index (κ3) is 5.17. The molecule has 2 aliphatic rings. The first kappa shape index (κ1) is 24.1. The fraction of sp³-hybridized carbons (Fsp3) is 0.286. The molecule has 8 nitrogen and oxygen atoms in total. The smallest absolute Gasteiger partial charge is 0.338 e. The molecule has 36 heavy (non-hydrogen) atoms. The Balaban J connectivity index is 1.46. The van der Waals surface area contributed by atoms with E-state index in [1.54, 1.807) is 60.7 Å². The Morgan fingerprint density at radius 2 is 1.25 bits per heavy atom. The molecule has 8 heteroatoms. The minimum Gasteiger partial charge on any atom is -0.452 e. The molecule has 0 spiro atoms. The van der Waals surface area contributed by atoms with Crippen molar-refractivity contribution in [1.29, 1.82) is 0 Å². The molecule has 0 aromatic heterocycles. The van der Waals surface area contributed by atoms with E-state index >= 15 is 0 Å². The number of benzene rings is 3. The van der Waals surface area contributed by atoms with Gasteiger partial charge in [0.1, 0.15) is 12.2 Å². The van der Waals surface area contributed by atoms with Gasteiger partial charge in [0.2, 0.25) is 0 Å². The van der Waals surface area contributed by atoms with Crippen LogP contribution in [0.2, 0.25) is 0 Å². The van der Waals surface area contributed by atoms with Crippen LogP contribution in [0.3, 0.4) is 0 Å². The van der Waals surface area contributed by atoms with E-state index in [2.05, 4.69) is 0 Å². The van der Waals surface area contributed by atoms with Gasteiger partial charge in [-0.2, -0.15) is 0 Å². The van der Waals surface area contributed by atoms with Crippen molar-refractivity contribution in [2.24, 2.45) is 0 Å². The predicted molar refractivity (Wildman–Crippen MR) is 127 cm³/mol. The van der Waals surface area contributed by atoms with Crippen LogP contribution in [-0.2, 0) is 28.4 Å². The van der Waals surface area contributed by atoms with Gasteiger partial charge < -0.3 is 28.4 Å². The van der Waals surface area contributed by atoms with Gasteiger partial charge in [0.25, 0.3) is 0 Å². The summed E-state index contributed by atoms with van der Waals surface area (Å²) in [6.45, 7) is 0.169. The predicted octanol–water partition coefficient (Wildman–Crippen LogP) is 3.92. The average Bonchev–Trinajstić information content (AvgIpc) is 2.95. The van der Waals surface area contributed by atoms with E-state index < -0.39 is 48.9 Å². The van der Waals surface area contributed by atoms with Gasteiger partial charge in [-0.25, -0.2) is 9.59 Å². The molecular formula is C28H26O8. The molecule has 3 unspecified atom stereocenters. The Hall–Kier alpha value is -3.56. The SMILES string of the molecule is COC1OC2COC(c3ccccc3)O[C@H]2[C@H](OC(=O)c2ccccc2)[C@H]1OC(=O)c1ccccc1. The summed E-state index contributed by atoms with van der Waals surface area (Å²) in [6.07, 6.45) is -5.23. The largest absolute Gasteiger partial charge is 0.452 e. The molecule has 0 aliphatic carbocycles. The maximum atomic E-state index is 13.1. The Morgan fingerprint density at radius 1 is 0.722 bits per heavy atom. The zero-order chi connectivity index (χ0) is 24.9. The highest BCUT2D eigenvalue weighted by Gasteiger charge is 2.54. The normalized spacial score (nSPS) is 27.5. The second kappa shape index (κ2) is 11.0. The van der Waals surface area contributed by atoms with Gasteiger partial charge in [-0.3, -0.25) is 0 Å². The van der Waals surface area contributed by atoms with Crippen molar-refractivity contribution < 1.29 is 38.0 Å². The number of rotatable bonds is 6. The molecule has 0 amide bonds. The van der Waals surface area contributed by atoms with Crippen molar-refractivity contribution in [2.45, 2.75) is 37.0 Å². The quantitative estimate of drug-likeness (QED) is 0.481. The van der Waals surface area contributed by atoms with Gasteiger partial charge in [-0.1, -0.05) is 66.7 Å². The Labute approximate surface area is 208 Å². The third-order valence-electron chi connectivity index (χ3n) is 6.09. The molecule has 3 aromatic carbocycles. The van der Waals surface area contributed by atoms with E-state index in [4.69, 9.17) is 28.4 Å². The first-order valence-electron chi connectivity index (χ1n) is 11.7. The maximum Gasteiger partial charge on any atom is 0.338 e. The van der Waals surface area contributed by atoms with Gasteiger partial charge in [0.05, 0.1) is 17.7 Å². The minimum absolute atomic E-state index is 0.169. The Morgan fingerprint density at radius 3 is 1.81 bits per heavy atom. The van der Waals surface area contributed by atoms with Gasteiger partial charge in [0, 0.05) is 12.7 Å². The molecule has 0 N–H and O–H groups in total. The third-order valence-corrected chi connectivity index (χ3v) is 6.09. The first-order valence-corrected chi connectivity index (χ1v) is 11.7. The summed E-state index contributed by atoms with van der Waals surface area (Å²) in [5.74, 6) is -1.18. The summed E-state index contributed by atoms with van der Waals surface area (Å²) in [7, 11) is 1.43. The van der Waals surface area contributed by atoms with E-state index in [1.165, 1.54) is 7.11 Å². The van der Waals surface area contributed by atoms with E-state index in [9.17, 15) is 9.59 Å². The fourth-order valence-electron chi connectivity index (χ4n) is 4.31.